The Bertz CT molecular complexity index is 489. The Morgan fingerprint density at radius 3 is 2.78 bits per heavy atom. The van der Waals surface area contributed by atoms with Crippen LogP contribution in [0.15, 0.2) is 23.2 Å². The van der Waals surface area contributed by atoms with Gasteiger partial charge in [0.2, 0.25) is 0 Å². The minimum absolute atomic E-state index is 0.132. The standard InChI is InChI=1S/C13H18FN3S/c1-13(18-2)6-5-11(17-12(13)16)9-7-8(15)3-4-10(9)14/h3-4,7,11H,5-6,15H2,1-2H3,(H2,16,17). The summed E-state index contributed by atoms with van der Waals surface area (Å²) in [6.07, 6.45) is 3.70. The molecule has 0 radical (unpaired) electrons. The van der Waals surface area contributed by atoms with E-state index in [1.807, 2.05) is 6.26 Å². The van der Waals surface area contributed by atoms with Crippen LogP contribution in [-0.2, 0) is 0 Å². The molecule has 0 spiro atoms. The van der Waals surface area contributed by atoms with E-state index in [-0.39, 0.29) is 16.6 Å². The molecule has 18 heavy (non-hydrogen) atoms. The van der Waals surface area contributed by atoms with E-state index in [0.29, 0.717) is 17.1 Å². The zero-order valence-corrected chi connectivity index (χ0v) is 11.4. The fourth-order valence-electron chi connectivity index (χ4n) is 2.16. The molecule has 1 aromatic carbocycles. The summed E-state index contributed by atoms with van der Waals surface area (Å²) in [5.41, 5.74) is 12.8. The van der Waals surface area contributed by atoms with Crippen LogP contribution < -0.4 is 11.5 Å². The number of hydrogen-bond acceptors (Lipinski definition) is 4. The van der Waals surface area contributed by atoms with Gasteiger partial charge in [0.1, 0.15) is 11.7 Å². The van der Waals surface area contributed by atoms with Gasteiger partial charge < -0.3 is 11.5 Å². The maximum atomic E-state index is 13.8. The van der Waals surface area contributed by atoms with Crippen LogP contribution in [0.3, 0.4) is 0 Å². The molecule has 0 aromatic heterocycles. The zero-order valence-electron chi connectivity index (χ0n) is 10.6. The Morgan fingerprint density at radius 2 is 2.17 bits per heavy atom. The van der Waals surface area contributed by atoms with Gasteiger partial charge in [-0.1, -0.05) is 0 Å². The molecule has 4 N–H and O–H groups in total. The summed E-state index contributed by atoms with van der Waals surface area (Å²) in [5, 5.41) is 0. The summed E-state index contributed by atoms with van der Waals surface area (Å²) in [6, 6.07) is 4.38. The minimum Gasteiger partial charge on any atom is -0.399 e. The molecule has 3 nitrogen and oxygen atoms in total. The highest BCUT2D eigenvalue weighted by molar-refractivity contribution is 8.00. The first-order chi connectivity index (χ1) is 8.46. The summed E-state index contributed by atoms with van der Waals surface area (Å²) in [4.78, 5) is 4.46. The van der Waals surface area contributed by atoms with E-state index in [1.165, 1.54) is 6.07 Å². The monoisotopic (exact) mass is 267 g/mol. The highest BCUT2D eigenvalue weighted by atomic mass is 32.2. The summed E-state index contributed by atoms with van der Waals surface area (Å²) in [5.74, 6) is 0.326. The number of nitrogens with two attached hydrogens (primary N) is 2. The molecular weight excluding hydrogens is 249 g/mol. The van der Waals surface area contributed by atoms with Crippen molar-refractivity contribution in [3.8, 4) is 0 Å². The number of aliphatic imine (C=N–C) groups is 1. The number of halogens is 1. The molecule has 1 aliphatic heterocycles. The normalized spacial score (nSPS) is 27.9. The fourth-order valence-corrected chi connectivity index (χ4v) is 2.74. The Balaban J connectivity index is 2.35. The molecule has 1 aliphatic rings. The van der Waals surface area contributed by atoms with Crippen molar-refractivity contribution in [1.82, 2.24) is 0 Å². The van der Waals surface area contributed by atoms with Crippen molar-refractivity contribution in [2.75, 3.05) is 12.0 Å². The summed E-state index contributed by atoms with van der Waals surface area (Å²) < 4.78 is 13.7. The molecule has 5 heteroatoms. The van der Waals surface area contributed by atoms with Gasteiger partial charge in [-0.3, -0.25) is 4.99 Å². The molecule has 1 aromatic rings. The van der Waals surface area contributed by atoms with Gasteiger partial charge in [0, 0.05) is 11.3 Å². The predicted octanol–water partition coefficient (Wildman–Crippen LogP) is 2.72. The van der Waals surface area contributed by atoms with E-state index in [0.717, 1.165) is 12.8 Å². The summed E-state index contributed by atoms with van der Waals surface area (Å²) in [7, 11) is 0. The number of nitrogen functional groups attached to an aromatic ring is 1. The molecule has 0 amide bonds. The number of anilines is 1. The Hall–Kier alpha value is -1.23. The van der Waals surface area contributed by atoms with Crippen LogP contribution >= 0.6 is 11.8 Å². The van der Waals surface area contributed by atoms with Crippen molar-refractivity contribution in [2.24, 2.45) is 10.7 Å². The third-order valence-corrected chi connectivity index (χ3v) is 4.88. The van der Waals surface area contributed by atoms with Gasteiger partial charge in [0.15, 0.2) is 0 Å². The van der Waals surface area contributed by atoms with Crippen molar-refractivity contribution < 1.29 is 4.39 Å². The highest BCUT2D eigenvalue weighted by Gasteiger charge is 2.34. The number of rotatable bonds is 2. The van der Waals surface area contributed by atoms with Crippen LogP contribution in [-0.4, -0.2) is 16.8 Å². The Kier molecular flexibility index (Phi) is 3.52. The van der Waals surface area contributed by atoms with Gasteiger partial charge in [-0.15, -0.1) is 0 Å². The quantitative estimate of drug-likeness (QED) is 0.810. The molecule has 0 bridgehead atoms. The molecular formula is C13H18FN3S. The van der Waals surface area contributed by atoms with Gasteiger partial charge in [0.25, 0.3) is 0 Å². The lowest BCUT2D eigenvalue weighted by molar-refractivity contribution is 0.514. The van der Waals surface area contributed by atoms with Gasteiger partial charge in [-0.2, -0.15) is 11.8 Å². The van der Waals surface area contributed by atoms with E-state index in [9.17, 15) is 4.39 Å². The molecule has 0 saturated heterocycles. The summed E-state index contributed by atoms with van der Waals surface area (Å²) >= 11 is 1.69. The van der Waals surface area contributed by atoms with Gasteiger partial charge in [0.05, 0.1) is 10.8 Å². The number of nitrogens with zero attached hydrogens (tertiary/aromatic N) is 1. The van der Waals surface area contributed by atoms with Gasteiger partial charge in [-0.25, -0.2) is 4.39 Å². The molecule has 2 atom stereocenters. The number of benzene rings is 1. The molecule has 2 rings (SSSR count). The largest absolute Gasteiger partial charge is 0.399 e. The van der Waals surface area contributed by atoms with E-state index < -0.39 is 0 Å². The molecule has 98 valence electrons. The van der Waals surface area contributed by atoms with Crippen LogP contribution in [0.5, 0.6) is 0 Å². The number of hydrogen-bond donors (Lipinski definition) is 2. The third kappa shape index (κ3) is 2.32. The van der Waals surface area contributed by atoms with Crippen molar-refractivity contribution >= 4 is 23.3 Å². The average molecular weight is 267 g/mol. The van der Waals surface area contributed by atoms with Crippen molar-refractivity contribution in [3.63, 3.8) is 0 Å². The van der Waals surface area contributed by atoms with Crippen LogP contribution in [0, 0.1) is 5.82 Å². The highest BCUT2D eigenvalue weighted by Crippen LogP contribution is 2.39. The second-order valence-electron chi connectivity index (χ2n) is 4.78. The SMILES string of the molecule is CSC1(C)CCC(c2cc(N)ccc2F)N=C1N. The number of thioether (sulfide) groups is 1. The lowest BCUT2D eigenvalue weighted by Crippen LogP contribution is -2.41. The van der Waals surface area contributed by atoms with E-state index >= 15 is 0 Å². The van der Waals surface area contributed by atoms with Gasteiger partial charge in [-0.05, 0) is 44.2 Å². The second-order valence-corrected chi connectivity index (χ2v) is 6.09. The first-order valence-electron chi connectivity index (χ1n) is 5.90. The van der Waals surface area contributed by atoms with E-state index in [1.54, 1.807) is 23.9 Å². The maximum Gasteiger partial charge on any atom is 0.128 e. The maximum absolute atomic E-state index is 13.8. The predicted molar refractivity (Wildman–Crippen MR) is 76.3 cm³/mol. The second kappa shape index (κ2) is 4.80. The van der Waals surface area contributed by atoms with Crippen LogP contribution in [0.4, 0.5) is 10.1 Å². The van der Waals surface area contributed by atoms with Crippen molar-refractivity contribution in [1.29, 1.82) is 0 Å². The van der Waals surface area contributed by atoms with Crippen molar-refractivity contribution in [3.05, 3.63) is 29.6 Å². The molecule has 0 aliphatic carbocycles. The van der Waals surface area contributed by atoms with Crippen LogP contribution in [0.25, 0.3) is 0 Å². The molecule has 0 saturated carbocycles. The van der Waals surface area contributed by atoms with E-state index in [2.05, 4.69) is 11.9 Å². The third-order valence-electron chi connectivity index (χ3n) is 3.56. The van der Waals surface area contributed by atoms with E-state index in [4.69, 9.17) is 11.5 Å². The lowest BCUT2D eigenvalue weighted by Gasteiger charge is -2.33. The Morgan fingerprint density at radius 1 is 1.44 bits per heavy atom. The smallest absolute Gasteiger partial charge is 0.128 e. The first-order valence-corrected chi connectivity index (χ1v) is 7.12. The number of amidine groups is 1. The fraction of sp³-hybridized carbons (Fsp3) is 0.462. The van der Waals surface area contributed by atoms with Crippen LogP contribution in [0.1, 0.15) is 31.4 Å². The topological polar surface area (TPSA) is 64.4 Å². The lowest BCUT2D eigenvalue weighted by atomic mass is 9.91. The van der Waals surface area contributed by atoms with Crippen LogP contribution in [0.2, 0.25) is 0 Å². The average Bonchev–Trinajstić information content (AvgIpc) is 2.36. The zero-order chi connectivity index (χ0) is 13.3. The van der Waals surface area contributed by atoms with Crippen molar-refractivity contribution in [2.45, 2.75) is 30.6 Å². The summed E-state index contributed by atoms with van der Waals surface area (Å²) in [6.45, 7) is 2.07. The first kappa shape index (κ1) is 13.2. The molecule has 2 unspecified atom stereocenters. The molecule has 0 fully saturated rings. The Labute approximate surface area is 111 Å². The van der Waals surface area contributed by atoms with Gasteiger partial charge >= 0.3 is 0 Å². The molecule has 1 heterocycles. The minimum atomic E-state index is -0.265.